The zero-order valence-corrected chi connectivity index (χ0v) is 12.1. The van der Waals surface area contributed by atoms with Crippen LogP contribution in [0.3, 0.4) is 0 Å². The quantitative estimate of drug-likeness (QED) is 0.630. The van der Waals surface area contributed by atoms with Crippen LogP contribution in [0, 0.1) is 0 Å². The van der Waals surface area contributed by atoms with Gasteiger partial charge in [-0.3, -0.25) is 9.59 Å². The molecule has 0 spiro atoms. The third-order valence-corrected chi connectivity index (χ3v) is 2.91. The Morgan fingerprint density at radius 3 is 2.90 bits per heavy atom. The van der Waals surface area contributed by atoms with E-state index in [-0.39, 0.29) is 18.0 Å². The molecule has 0 aromatic carbocycles. The monoisotopic (exact) mass is 281 g/mol. The molecule has 0 fully saturated rings. The number of likely N-dealkylation sites (N-methyl/N-ethyl adjacent to an activating group) is 1. The Hall–Kier alpha value is -1.89. The largest absolute Gasteiger partial charge is 0.372 e. The van der Waals surface area contributed by atoms with Gasteiger partial charge in [0.2, 0.25) is 5.91 Å². The fourth-order valence-corrected chi connectivity index (χ4v) is 1.67. The number of unbranched alkanes of at least 4 members (excludes halogenated alkanes) is 1. The summed E-state index contributed by atoms with van der Waals surface area (Å²) in [5.41, 5.74) is 5.86. The fraction of sp³-hybridized carbons (Fsp3) is 0.615. The molecule has 0 aliphatic carbocycles. The van der Waals surface area contributed by atoms with Gasteiger partial charge in [0.05, 0.1) is 11.9 Å². The van der Waals surface area contributed by atoms with Crippen molar-refractivity contribution < 1.29 is 4.79 Å². The van der Waals surface area contributed by atoms with Crippen molar-refractivity contribution in [3.63, 3.8) is 0 Å². The van der Waals surface area contributed by atoms with Crippen LogP contribution in [-0.2, 0) is 11.3 Å². The summed E-state index contributed by atoms with van der Waals surface area (Å²) in [6.07, 6.45) is 3.51. The number of carbonyl (C=O) groups excluding carboxylic acids is 1. The Labute approximate surface area is 118 Å². The zero-order valence-electron chi connectivity index (χ0n) is 12.1. The second kappa shape index (κ2) is 8.31. The molecule has 0 unspecified atom stereocenters. The van der Waals surface area contributed by atoms with Gasteiger partial charge in [-0.1, -0.05) is 13.3 Å². The number of nitrogens with one attached hydrogen (secondary N) is 1. The van der Waals surface area contributed by atoms with Crippen LogP contribution in [0.4, 0.5) is 5.69 Å². The van der Waals surface area contributed by atoms with E-state index in [2.05, 4.69) is 17.3 Å². The van der Waals surface area contributed by atoms with Gasteiger partial charge in [0, 0.05) is 32.7 Å². The predicted molar refractivity (Wildman–Crippen MR) is 78.7 cm³/mol. The number of nitrogens with zero attached hydrogens (tertiary/aromatic N) is 3. The summed E-state index contributed by atoms with van der Waals surface area (Å²) >= 11 is 0. The minimum absolute atomic E-state index is 0.0522. The molecule has 1 aromatic rings. The van der Waals surface area contributed by atoms with E-state index in [1.807, 2.05) is 11.9 Å². The van der Waals surface area contributed by atoms with Crippen molar-refractivity contribution in [3.8, 4) is 0 Å². The summed E-state index contributed by atoms with van der Waals surface area (Å²) < 4.78 is 1.15. The van der Waals surface area contributed by atoms with Gasteiger partial charge in [-0.15, -0.1) is 0 Å². The summed E-state index contributed by atoms with van der Waals surface area (Å²) in [5.74, 6) is -0.198. The first-order chi connectivity index (χ1) is 9.58. The van der Waals surface area contributed by atoms with Crippen molar-refractivity contribution in [3.05, 3.63) is 22.6 Å². The molecule has 0 atom stereocenters. The molecule has 20 heavy (non-hydrogen) atoms. The molecule has 1 aromatic heterocycles. The Bertz CT molecular complexity index is 486. The van der Waals surface area contributed by atoms with Crippen molar-refractivity contribution in [2.24, 2.45) is 5.73 Å². The summed E-state index contributed by atoms with van der Waals surface area (Å²) in [6, 6.07) is 1.46. The number of hydrogen-bond acceptors (Lipinski definition) is 5. The lowest BCUT2D eigenvalue weighted by molar-refractivity contribution is -0.121. The van der Waals surface area contributed by atoms with Crippen LogP contribution in [0.15, 0.2) is 17.1 Å². The molecule has 0 saturated carbocycles. The van der Waals surface area contributed by atoms with E-state index in [0.29, 0.717) is 25.3 Å². The first-order valence-electron chi connectivity index (χ1n) is 6.83. The highest BCUT2D eigenvalue weighted by atomic mass is 16.2. The highest BCUT2D eigenvalue weighted by Gasteiger charge is 2.07. The van der Waals surface area contributed by atoms with Gasteiger partial charge >= 0.3 is 0 Å². The van der Waals surface area contributed by atoms with Gasteiger partial charge < -0.3 is 16.0 Å². The maximum atomic E-state index is 11.9. The summed E-state index contributed by atoms with van der Waals surface area (Å²) in [6.45, 7) is 3.77. The SMILES string of the molecule is CCCCNC(=O)Cn1ncc(N(C)CCN)cc1=O. The lowest BCUT2D eigenvalue weighted by Gasteiger charge is -2.17. The van der Waals surface area contributed by atoms with E-state index in [1.165, 1.54) is 6.07 Å². The van der Waals surface area contributed by atoms with E-state index in [0.717, 1.165) is 17.5 Å². The van der Waals surface area contributed by atoms with Crippen molar-refractivity contribution >= 4 is 11.6 Å². The van der Waals surface area contributed by atoms with Crippen molar-refractivity contribution in [1.82, 2.24) is 15.1 Å². The van der Waals surface area contributed by atoms with Crippen LogP contribution >= 0.6 is 0 Å². The molecule has 0 saturated heterocycles. The van der Waals surface area contributed by atoms with Crippen molar-refractivity contribution in [2.45, 2.75) is 26.3 Å². The molecule has 1 rings (SSSR count). The second-order valence-corrected chi connectivity index (χ2v) is 4.62. The second-order valence-electron chi connectivity index (χ2n) is 4.62. The molecule has 0 bridgehead atoms. The standard InChI is InChI=1S/C13H23N5O2/c1-3-4-6-15-12(19)10-18-13(20)8-11(9-16-18)17(2)7-5-14/h8-9H,3-7,10,14H2,1-2H3,(H,15,19). The van der Waals surface area contributed by atoms with E-state index < -0.39 is 0 Å². The Kier molecular flexibility index (Phi) is 6.72. The van der Waals surface area contributed by atoms with E-state index in [4.69, 9.17) is 5.73 Å². The lowest BCUT2D eigenvalue weighted by atomic mass is 10.3. The summed E-state index contributed by atoms with van der Waals surface area (Å²) in [4.78, 5) is 25.3. The van der Waals surface area contributed by atoms with E-state index >= 15 is 0 Å². The molecule has 0 aliphatic heterocycles. The number of rotatable bonds is 8. The highest BCUT2D eigenvalue weighted by Crippen LogP contribution is 2.05. The molecule has 112 valence electrons. The predicted octanol–water partition coefficient (Wildman–Crippen LogP) is -0.445. The number of nitrogens with two attached hydrogens (primary N) is 1. The van der Waals surface area contributed by atoms with E-state index in [9.17, 15) is 9.59 Å². The lowest BCUT2D eigenvalue weighted by Crippen LogP contribution is -2.34. The number of amides is 1. The molecule has 1 heterocycles. The Balaban J connectivity index is 2.64. The van der Waals surface area contributed by atoms with Crippen LogP contribution in [0.25, 0.3) is 0 Å². The van der Waals surface area contributed by atoms with Gasteiger partial charge in [0.1, 0.15) is 6.54 Å². The van der Waals surface area contributed by atoms with Gasteiger partial charge in [-0.25, -0.2) is 4.68 Å². The normalized spacial score (nSPS) is 10.3. The summed E-state index contributed by atoms with van der Waals surface area (Å²) in [7, 11) is 1.84. The maximum absolute atomic E-state index is 11.9. The smallest absolute Gasteiger partial charge is 0.269 e. The van der Waals surface area contributed by atoms with Gasteiger partial charge in [-0.05, 0) is 6.42 Å². The van der Waals surface area contributed by atoms with Crippen LogP contribution in [0.1, 0.15) is 19.8 Å². The average molecular weight is 281 g/mol. The molecule has 7 nitrogen and oxygen atoms in total. The first-order valence-corrected chi connectivity index (χ1v) is 6.83. The molecule has 1 amide bonds. The maximum Gasteiger partial charge on any atom is 0.269 e. The van der Waals surface area contributed by atoms with Crippen LogP contribution in [0.5, 0.6) is 0 Å². The topological polar surface area (TPSA) is 93.2 Å². The van der Waals surface area contributed by atoms with Gasteiger partial charge in [-0.2, -0.15) is 5.10 Å². The fourth-order valence-electron chi connectivity index (χ4n) is 1.67. The average Bonchev–Trinajstić information content (AvgIpc) is 2.41. The number of aromatic nitrogens is 2. The third-order valence-electron chi connectivity index (χ3n) is 2.91. The molecule has 3 N–H and O–H groups in total. The van der Waals surface area contributed by atoms with Gasteiger partial charge in [0.15, 0.2) is 0 Å². The van der Waals surface area contributed by atoms with Crippen molar-refractivity contribution in [2.75, 3.05) is 31.6 Å². The minimum atomic E-state index is -0.294. The van der Waals surface area contributed by atoms with Crippen molar-refractivity contribution in [1.29, 1.82) is 0 Å². The third kappa shape index (κ3) is 5.00. The molecule has 0 radical (unpaired) electrons. The minimum Gasteiger partial charge on any atom is -0.372 e. The van der Waals surface area contributed by atoms with Crippen LogP contribution in [0.2, 0.25) is 0 Å². The van der Waals surface area contributed by atoms with Crippen LogP contribution in [-0.4, -0.2) is 42.4 Å². The first kappa shape index (κ1) is 16.2. The number of hydrogen-bond donors (Lipinski definition) is 2. The van der Waals surface area contributed by atoms with E-state index in [1.54, 1.807) is 6.20 Å². The molecular formula is C13H23N5O2. The number of carbonyl (C=O) groups is 1. The Morgan fingerprint density at radius 1 is 1.55 bits per heavy atom. The molecule has 7 heteroatoms. The number of anilines is 1. The highest BCUT2D eigenvalue weighted by molar-refractivity contribution is 5.75. The Morgan fingerprint density at radius 2 is 2.30 bits per heavy atom. The summed E-state index contributed by atoms with van der Waals surface area (Å²) in [5, 5.41) is 6.76. The molecular weight excluding hydrogens is 258 g/mol. The zero-order chi connectivity index (χ0) is 15.0. The molecule has 0 aliphatic rings. The van der Waals surface area contributed by atoms with Crippen LogP contribution < -0.4 is 21.5 Å². The van der Waals surface area contributed by atoms with Gasteiger partial charge in [0.25, 0.3) is 5.56 Å².